The van der Waals surface area contributed by atoms with E-state index in [0.717, 1.165) is 37.3 Å². The number of hydrogen-bond acceptors (Lipinski definition) is 3. The zero-order chi connectivity index (χ0) is 18.5. The molecule has 1 atom stereocenters. The number of likely N-dealkylation sites (tertiary alicyclic amines) is 1. The van der Waals surface area contributed by atoms with Gasteiger partial charge in [-0.25, -0.2) is 4.79 Å². The van der Waals surface area contributed by atoms with Crippen molar-refractivity contribution in [2.45, 2.75) is 25.3 Å². The summed E-state index contributed by atoms with van der Waals surface area (Å²) < 4.78 is 1.97. The molecule has 2 heterocycles. The second-order valence-corrected chi connectivity index (χ2v) is 6.71. The van der Waals surface area contributed by atoms with Crippen molar-refractivity contribution < 1.29 is 4.79 Å². The van der Waals surface area contributed by atoms with Gasteiger partial charge in [-0.2, -0.15) is 0 Å². The highest BCUT2D eigenvalue weighted by Gasteiger charge is 2.33. The highest BCUT2D eigenvalue weighted by atomic mass is 16.2. The number of hydrogen-bond donors (Lipinski definition) is 1. The van der Waals surface area contributed by atoms with Gasteiger partial charge in [0.15, 0.2) is 5.82 Å². The number of urea groups is 1. The van der Waals surface area contributed by atoms with Gasteiger partial charge in [-0.05, 0) is 37.0 Å². The Morgan fingerprint density at radius 2 is 1.81 bits per heavy atom. The topological polar surface area (TPSA) is 63.1 Å². The molecule has 1 unspecified atom stereocenters. The average molecular weight is 361 g/mol. The first kappa shape index (κ1) is 17.3. The van der Waals surface area contributed by atoms with Crippen molar-refractivity contribution in [3.63, 3.8) is 0 Å². The fourth-order valence-electron chi connectivity index (χ4n) is 3.60. The number of nitrogens with one attached hydrogen (secondary N) is 1. The van der Waals surface area contributed by atoms with Crippen molar-refractivity contribution in [3.05, 3.63) is 78.4 Å². The Balaban J connectivity index is 1.44. The Labute approximate surface area is 158 Å². The van der Waals surface area contributed by atoms with E-state index in [0.29, 0.717) is 6.54 Å². The monoisotopic (exact) mass is 361 g/mol. The summed E-state index contributed by atoms with van der Waals surface area (Å²) in [4.78, 5) is 14.6. The molecule has 0 saturated carbocycles. The maximum Gasteiger partial charge on any atom is 0.318 e. The van der Waals surface area contributed by atoms with Crippen molar-refractivity contribution in [2.75, 3.05) is 13.1 Å². The Morgan fingerprint density at radius 3 is 2.59 bits per heavy atom. The molecule has 3 aromatic rings. The Morgan fingerprint density at radius 1 is 1.07 bits per heavy atom. The summed E-state index contributed by atoms with van der Waals surface area (Å²) in [6, 6.07) is 20.1. The van der Waals surface area contributed by atoms with Gasteiger partial charge >= 0.3 is 6.03 Å². The maximum atomic E-state index is 12.7. The fraction of sp³-hybridized carbons (Fsp3) is 0.286. The largest absolute Gasteiger partial charge is 0.338 e. The molecule has 0 spiro atoms. The summed E-state index contributed by atoms with van der Waals surface area (Å²) >= 11 is 0. The van der Waals surface area contributed by atoms with E-state index < -0.39 is 0 Å². The summed E-state index contributed by atoms with van der Waals surface area (Å²) in [5.74, 6) is 0.817. The number of aromatic nitrogens is 3. The summed E-state index contributed by atoms with van der Waals surface area (Å²) in [5.41, 5.74) is 2.23. The van der Waals surface area contributed by atoms with E-state index >= 15 is 0 Å². The van der Waals surface area contributed by atoms with E-state index in [1.807, 2.05) is 58.0 Å². The molecule has 2 amide bonds. The van der Waals surface area contributed by atoms with Crippen LogP contribution in [-0.4, -0.2) is 38.8 Å². The molecule has 0 radical (unpaired) electrons. The molecular formula is C21H23N5O. The summed E-state index contributed by atoms with van der Waals surface area (Å²) in [5, 5.41) is 11.5. The highest BCUT2D eigenvalue weighted by Crippen LogP contribution is 2.31. The van der Waals surface area contributed by atoms with Crippen molar-refractivity contribution in [2.24, 2.45) is 0 Å². The number of nitrogens with zero attached hydrogens (tertiary/aromatic N) is 4. The number of para-hydroxylation sites is 1. The van der Waals surface area contributed by atoms with Crippen LogP contribution in [0.2, 0.25) is 0 Å². The van der Waals surface area contributed by atoms with E-state index in [-0.39, 0.29) is 12.1 Å². The normalized spacial score (nSPS) is 16.4. The van der Waals surface area contributed by atoms with Gasteiger partial charge in [0.25, 0.3) is 0 Å². The molecule has 1 saturated heterocycles. The van der Waals surface area contributed by atoms with Crippen LogP contribution in [0.4, 0.5) is 4.79 Å². The van der Waals surface area contributed by atoms with Crippen molar-refractivity contribution in [1.82, 2.24) is 25.0 Å². The molecule has 1 aromatic heterocycles. The van der Waals surface area contributed by atoms with Crippen molar-refractivity contribution in [3.8, 4) is 5.69 Å². The molecule has 2 aromatic carbocycles. The molecular weight excluding hydrogens is 338 g/mol. The van der Waals surface area contributed by atoms with Crippen LogP contribution < -0.4 is 5.32 Å². The second kappa shape index (κ2) is 8.03. The van der Waals surface area contributed by atoms with Crippen molar-refractivity contribution >= 4 is 6.03 Å². The molecule has 0 bridgehead atoms. The number of carbonyl (C=O) groups is 1. The molecule has 4 rings (SSSR count). The Bertz CT molecular complexity index is 878. The van der Waals surface area contributed by atoms with Crippen LogP contribution in [-0.2, 0) is 6.42 Å². The van der Waals surface area contributed by atoms with Gasteiger partial charge in [0.05, 0.1) is 6.04 Å². The smallest absolute Gasteiger partial charge is 0.318 e. The van der Waals surface area contributed by atoms with E-state index in [2.05, 4.69) is 27.6 Å². The van der Waals surface area contributed by atoms with Gasteiger partial charge in [-0.3, -0.25) is 4.57 Å². The zero-order valence-electron chi connectivity index (χ0n) is 15.2. The number of amides is 2. The molecule has 1 aliphatic rings. The van der Waals surface area contributed by atoms with E-state index in [4.69, 9.17) is 0 Å². The predicted molar refractivity (Wildman–Crippen MR) is 104 cm³/mol. The van der Waals surface area contributed by atoms with Gasteiger partial charge in [0.1, 0.15) is 6.33 Å². The van der Waals surface area contributed by atoms with Gasteiger partial charge < -0.3 is 10.2 Å². The van der Waals surface area contributed by atoms with Gasteiger partial charge in [0, 0.05) is 18.8 Å². The summed E-state index contributed by atoms with van der Waals surface area (Å²) in [7, 11) is 0. The van der Waals surface area contributed by atoms with Gasteiger partial charge in [-0.1, -0.05) is 48.5 Å². The summed E-state index contributed by atoms with van der Waals surface area (Å²) in [6.07, 6.45) is 4.41. The number of benzene rings is 2. The third-order valence-corrected chi connectivity index (χ3v) is 4.95. The van der Waals surface area contributed by atoms with E-state index in [1.54, 1.807) is 6.33 Å². The van der Waals surface area contributed by atoms with Gasteiger partial charge in [-0.15, -0.1) is 10.2 Å². The minimum atomic E-state index is -0.0515. The van der Waals surface area contributed by atoms with Crippen molar-refractivity contribution in [1.29, 1.82) is 0 Å². The molecule has 1 fully saturated rings. The Kier molecular flexibility index (Phi) is 5.14. The maximum absolute atomic E-state index is 12.7. The third kappa shape index (κ3) is 3.84. The third-order valence-electron chi connectivity index (χ3n) is 4.95. The standard InChI is InChI=1S/C21H23N5O/c27-21(22-14-13-17-8-3-1-4-9-17)25-15-7-12-19(25)20-24-23-16-26(20)18-10-5-2-6-11-18/h1-6,8-11,16,19H,7,12-15H2,(H,22,27). The lowest BCUT2D eigenvalue weighted by molar-refractivity contribution is 0.190. The molecule has 1 aliphatic heterocycles. The van der Waals surface area contributed by atoms with E-state index in [1.165, 1.54) is 5.56 Å². The lowest BCUT2D eigenvalue weighted by Gasteiger charge is -2.24. The first-order valence-electron chi connectivity index (χ1n) is 9.36. The summed E-state index contributed by atoms with van der Waals surface area (Å²) in [6.45, 7) is 1.36. The molecule has 6 heteroatoms. The second-order valence-electron chi connectivity index (χ2n) is 6.71. The average Bonchev–Trinajstić information content (AvgIpc) is 3.38. The Hall–Kier alpha value is -3.15. The van der Waals surface area contributed by atoms with Crippen LogP contribution in [0, 0.1) is 0 Å². The first-order valence-corrected chi connectivity index (χ1v) is 9.36. The van der Waals surface area contributed by atoms with Crippen LogP contribution in [0.5, 0.6) is 0 Å². The van der Waals surface area contributed by atoms with Crippen LogP contribution in [0.25, 0.3) is 5.69 Å². The zero-order valence-corrected chi connectivity index (χ0v) is 15.2. The molecule has 27 heavy (non-hydrogen) atoms. The minimum absolute atomic E-state index is 0.0314. The fourth-order valence-corrected chi connectivity index (χ4v) is 3.60. The lowest BCUT2D eigenvalue weighted by atomic mass is 10.1. The van der Waals surface area contributed by atoms with Gasteiger partial charge in [0.2, 0.25) is 0 Å². The number of rotatable bonds is 5. The minimum Gasteiger partial charge on any atom is -0.338 e. The van der Waals surface area contributed by atoms with Crippen LogP contribution in [0.3, 0.4) is 0 Å². The molecule has 138 valence electrons. The van der Waals surface area contributed by atoms with Crippen LogP contribution in [0.15, 0.2) is 67.0 Å². The van der Waals surface area contributed by atoms with E-state index in [9.17, 15) is 4.79 Å². The highest BCUT2D eigenvalue weighted by molar-refractivity contribution is 5.75. The van der Waals surface area contributed by atoms with Crippen LogP contribution >= 0.6 is 0 Å². The van der Waals surface area contributed by atoms with Crippen LogP contribution in [0.1, 0.15) is 30.3 Å². The molecule has 6 nitrogen and oxygen atoms in total. The first-order chi connectivity index (χ1) is 13.3. The lowest BCUT2D eigenvalue weighted by Crippen LogP contribution is -2.40. The molecule has 0 aliphatic carbocycles. The quantitative estimate of drug-likeness (QED) is 0.758. The number of carbonyl (C=O) groups excluding carboxylic acids is 1. The SMILES string of the molecule is O=C(NCCc1ccccc1)N1CCCC1c1nncn1-c1ccccc1. The molecule has 1 N–H and O–H groups in total. The predicted octanol–water partition coefficient (Wildman–Crippen LogP) is 3.36.